The smallest absolute Gasteiger partial charge is 0.310 e. The average Bonchev–Trinajstić information content (AvgIpc) is 2.38. The van der Waals surface area contributed by atoms with E-state index in [1.54, 1.807) is 0 Å². The van der Waals surface area contributed by atoms with Gasteiger partial charge >= 0.3 is 5.97 Å². The van der Waals surface area contributed by atoms with Crippen LogP contribution in [-0.4, -0.2) is 35.6 Å². The Morgan fingerprint density at radius 2 is 1.44 bits per heavy atom. The van der Waals surface area contributed by atoms with Crippen LogP contribution in [0.3, 0.4) is 0 Å². The van der Waals surface area contributed by atoms with Crippen molar-refractivity contribution in [3.63, 3.8) is 0 Å². The van der Waals surface area contributed by atoms with Gasteiger partial charge in [-0.3, -0.25) is 4.79 Å². The summed E-state index contributed by atoms with van der Waals surface area (Å²) >= 11 is 0. The summed E-state index contributed by atoms with van der Waals surface area (Å²) in [6, 6.07) is 0. The number of carboxylic acids is 1. The Morgan fingerprint density at radius 1 is 1.00 bits per heavy atom. The lowest BCUT2D eigenvalue weighted by atomic mass is 9.81. The van der Waals surface area contributed by atoms with Gasteiger partial charge < -0.3 is 10.0 Å². The Kier molecular flexibility index (Phi) is 9.08. The Morgan fingerprint density at radius 3 is 1.72 bits per heavy atom. The zero-order valence-electron chi connectivity index (χ0n) is 12.7. The first kappa shape index (κ1) is 17.4. The maximum Gasteiger partial charge on any atom is 0.310 e. The van der Waals surface area contributed by atoms with Crippen LogP contribution >= 0.6 is 0 Å². The summed E-state index contributed by atoms with van der Waals surface area (Å²) < 4.78 is 0. The van der Waals surface area contributed by atoms with Crippen LogP contribution in [0.15, 0.2) is 0 Å². The largest absolute Gasteiger partial charge is 0.481 e. The van der Waals surface area contributed by atoms with Crippen LogP contribution in [0.5, 0.6) is 0 Å². The average molecular weight is 257 g/mol. The Labute approximate surface area is 113 Å². The predicted molar refractivity (Wildman–Crippen MR) is 76.9 cm³/mol. The maximum atomic E-state index is 11.5. The van der Waals surface area contributed by atoms with Crippen molar-refractivity contribution in [3.8, 4) is 0 Å². The zero-order valence-corrected chi connectivity index (χ0v) is 12.7. The molecule has 0 unspecified atom stereocenters. The summed E-state index contributed by atoms with van der Waals surface area (Å²) in [7, 11) is 0. The van der Waals surface area contributed by atoms with Crippen LogP contribution in [0.1, 0.15) is 66.2 Å². The Bertz CT molecular complexity index is 217. The highest BCUT2D eigenvalue weighted by Gasteiger charge is 2.36. The molecular weight excluding hydrogens is 226 g/mol. The molecule has 1 N–H and O–H groups in total. The van der Waals surface area contributed by atoms with Crippen LogP contribution in [0.4, 0.5) is 0 Å². The Hall–Kier alpha value is -0.570. The molecule has 108 valence electrons. The quantitative estimate of drug-likeness (QED) is 0.612. The van der Waals surface area contributed by atoms with Crippen molar-refractivity contribution in [2.45, 2.75) is 66.2 Å². The van der Waals surface area contributed by atoms with Gasteiger partial charge in [0.15, 0.2) is 0 Å². The van der Waals surface area contributed by atoms with Crippen molar-refractivity contribution in [1.29, 1.82) is 0 Å². The number of carboxylic acid groups (broad SMARTS) is 1. The maximum absolute atomic E-state index is 11.5. The molecule has 0 aliphatic carbocycles. The van der Waals surface area contributed by atoms with E-state index in [9.17, 15) is 9.90 Å². The fourth-order valence-electron chi connectivity index (χ4n) is 2.31. The summed E-state index contributed by atoms with van der Waals surface area (Å²) in [6.45, 7) is 11.1. The third-order valence-corrected chi connectivity index (χ3v) is 3.99. The van der Waals surface area contributed by atoms with E-state index in [1.165, 1.54) is 12.8 Å². The molecule has 0 bridgehead atoms. The lowest BCUT2D eigenvalue weighted by molar-refractivity contribution is -0.150. The van der Waals surface area contributed by atoms with Crippen molar-refractivity contribution in [1.82, 2.24) is 4.90 Å². The number of hydrogen-bond donors (Lipinski definition) is 1. The number of aliphatic carboxylic acids is 1. The van der Waals surface area contributed by atoms with Gasteiger partial charge in [-0.05, 0) is 38.8 Å². The number of unbranched alkanes of at least 4 members (excludes halogenated alkanes) is 2. The molecule has 0 spiro atoms. The molecule has 0 aromatic rings. The second kappa shape index (κ2) is 9.37. The molecule has 0 saturated heterocycles. The molecule has 0 heterocycles. The van der Waals surface area contributed by atoms with E-state index >= 15 is 0 Å². The van der Waals surface area contributed by atoms with Gasteiger partial charge in [-0.2, -0.15) is 0 Å². The molecule has 0 fully saturated rings. The highest BCUT2D eigenvalue weighted by atomic mass is 16.4. The number of carbonyl (C=O) groups is 1. The third kappa shape index (κ3) is 5.38. The van der Waals surface area contributed by atoms with Crippen LogP contribution in [0, 0.1) is 5.41 Å². The van der Waals surface area contributed by atoms with Gasteiger partial charge in [-0.25, -0.2) is 0 Å². The monoisotopic (exact) mass is 257 g/mol. The first-order valence-electron chi connectivity index (χ1n) is 7.52. The molecule has 3 nitrogen and oxygen atoms in total. The normalized spacial score (nSPS) is 12.1. The third-order valence-electron chi connectivity index (χ3n) is 3.99. The van der Waals surface area contributed by atoms with Gasteiger partial charge in [-0.15, -0.1) is 0 Å². The summed E-state index contributed by atoms with van der Waals surface area (Å²) in [6.07, 6.45) is 6.09. The second-order valence-corrected chi connectivity index (χ2v) is 5.28. The van der Waals surface area contributed by atoms with Crippen molar-refractivity contribution in [2.75, 3.05) is 19.6 Å². The van der Waals surface area contributed by atoms with Crippen molar-refractivity contribution in [2.24, 2.45) is 5.41 Å². The minimum Gasteiger partial charge on any atom is -0.481 e. The van der Waals surface area contributed by atoms with E-state index < -0.39 is 11.4 Å². The molecule has 18 heavy (non-hydrogen) atoms. The molecular formula is C15H31NO2. The standard InChI is InChI=1S/C15H31NO2/c1-5-9-11-16(12-10-6-2)13-15(7-3,8-4)14(17)18/h5-13H2,1-4H3,(H,17,18). The molecule has 3 heteroatoms. The molecule has 0 rings (SSSR count). The van der Waals surface area contributed by atoms with Crippen LogP contribution < -0.4 is 0 Å². The summed E-state index contributed by atoms with van der Waals surface area (Å²) in [5.41, 5.74) is -0.554. The van der Waals surface area contributed by atoms with E-state index in [-0.39, 0.29) is 0 Å². The lowest BCUT2D eigenvalue weighted by Gasteiger charge is -2.34. The number of rotatable bonds is 11. The van der Waals surface area contributed by atoms with E-state index in [0.717, 1.165) is 25.9 Å². The molecule has 0 amide bonds. The summed E-state index contributed by atoms with van der Waals surface area (Å²) in [4.78, 5) is 13.9. The van der Waals surface area contributed by atoms with Crippen LogP contribution in [-0.2, 0) is 4.79 Å². The SMILES string of the molecule is CCCCN(CCCC)CC(CC)(CC)C(=O)O. The molecule has 0 atom stereocenters. The van der Waals surface area contributed by atoms with Crippen LogP contribution in [0.2, 0.25) is 0 Å². The number of nitrogens with zero attached hydrogens (tertiary/aromatic N) is 1. The van der Waals surface area contributed by atoms with Crippen molar-refractivity contribution >= 4 is 5.97 Å². The topological polar surface area (TPSA) is 40.5 Å². The number of hydrogen-bond acceptors (Lipinski definition) is 2. The lowest BCUT2D eigenvalue weighted by Crippen LogP contribution is -2.43. The molecule has 0 aromatic carbocycles. The summed E-state index contributed by atoms with van der Waals surface area (Å²) in [5, 5.41) is 9.50. The molecule has 0 aromatic heterocycles. The highest BCUT2D eigenvalue weighted by Crippen LogP contribution is 2.28. The Balaban J connectivity index is 4.62. The van der Waals surface area contributed by atoms with E-state index in [1.807, 2.05) is 13.8 Å². The van der Waals surface area contributed by atoms with E-state index in [0.29, 0.717) is 19.4 Å². The van der Waals surface area contributed by atoms with Gasteiger partial charge in [0.2, 0.25) is 0 Å². The fraction of sp³-hybridized carbons (Fsp3) is 0.933. The molecule has 0 saturated carbocycles. The van der Waals surface area contributed by atoms with Crippen molar-refractivity contribution < 1.29 is 9.90 Å². The highest BCUT2D eigenvalue weighted by molar-refractivity contribution is 5.74. The first-order chi connectivity index (χ1) is 8.56. The van der Waals surface area contributed by atoms with Gasteiger partial charge in [-0.1, -0.05) is 40.5 Å². The van der Waals surface area contributed by atoms with E-state index in [4.69, 9.17) is 0 Å². The molecule has 0 radical (unpaired) electrons. The minimum atomic E-state index is -0.634. The van der Waals surface area contributed by atoms with Crippen molar-refractivity contribution in [3.05, 3.63) is 0 Å². The zero-order chi connectivity index (χ0) is 14.0. The van der Waals surface area contributed by atoms with Gasteiger partial charge in [0.25, 0.3) is 0 Å². The second-order valence-electron chi connectivity index (χ2n) is 5.28. The molecule has 0 aliphatic heterocycles. The van der Waals surface area contributed by atoms with Gasteiger partial charge in [0, 0.05) is 6.54 Å². The first-order valence-corrected chi connectivity index (χ1v) is 7.52. The summed E-state index contributed by atoms with van der Waals surface area (Å²) in [5.74, 6) is -0.634. The van der Waals surface area contributed by atoms with Crippen LogP contribution in [0.25, 0.3) is 0 Å². The van der Waals surface area contributed by atoms with Gasteiger partial charge in [0.05, 0.1) is 5.41 Å². The fourth-order valence-corrected chi connectivity index (χ4v) is 2.31. The molecule has 0 aliphatic rings. The van der Waals surface area contributed by atoms with Gasteiger partial charge in [0.1, 0.15) is 0 Å². The minimum absolute atomic E-state index is 0.554. The predicted octanol–water partition coefficient (Wildman–Crippen LogP) is 3.78. The van der Waals surface area contributed by atoms with E-state index in [2.05, 4.69) is 18.7 Å².